The molecule has 2 unspecified atom stereocenters. The van der Waals surface area contributed by atoms with Crippen LogP contribution in [0.3, 0.4) is 0 Å². The van der Waals surface area contributed by atoms with Crippen molar-refractivity contribution >= 4 is 47.4 Å². The van der Waals surface area contributed by atoms with Crippen LogP contribution in [0, 0.1) is 50.4 Å². The van der Waals surface area contributed by atoms with Gasteiger partial charge in [-0.15, -0.1) is 23.5 Å². The first kappa shape index (κ1) is 98.3. The Balaban J connectivity index is 0.000000182. The number of esters is 4. The number of piperazine rings is 2. The second kappa shape index (κ2) is 39.9. The van der Waals surface area contributed by atoms with Gasteiger partial charge in [0.15, 0.2) is 80.1 Å². The molecule has 0 aliphatic carbocycles. The molecule has 2 spiro atoms. The van der Waals surface area contributed by atoms with E-state index in [4.69, 9.17) is 75.8 Å². The van der Waals surface area contributed by atoms with Crippen molar-refractivity contribution in [2.24, 2.45) is 0 Å². The number of carbonyl (C=O) groups excluding carboxylic acids is 4. The fourth-order valence-electron chi connectivity index (χ4n) is 23.7. The molecule has 0 amide bonds. The molecule has 14 aliphatic rings. The second-order valence-electron chi connectivity index (χ2n) is 37.2. The normalized spacial score (nSPS) is 24.7. The summed E-state index contributed by atoms with van der Waals surface area (Å²) in [5.41, 5.74) is 14.8. The van der Waals surface area contributed by atoms with Crippen LogP contribution in [0.25, 0.3) is 0 Å². The predicted octanol–water partition coefficient (Wildman–Crippen LogP) is 17.4. The molecule has 14 heterocycles. The van der Waals surface area contributed by atoms with E-state index in [1.807, 2.05) is 173 Å². The molecule has 141 heavy (non-hydrogen) atoms. The summed E-state index contributed by atoms with van der Waals surface area (Å²) in [6, 6.07) is 52.5. The maximum Gasteiger partial charge on any atom is 0.331 e. The molecule has 8 bridgehead atoms. The Kier molecular flexibility index (Phi) is 27.8. The van der Waals surface area contributed by atoms with Crippen LogP contribution in [-0.2, 0) is 91.8 Å². The Bertz CT molecular complexity index is 6210. The SMILES string of the molecule is C.C.C.COc1cc2c(cc1OCc1ccccc1)CCN[C@]21CS[C@@H]2c3c(OC(C)=O)c(C)c4c(c3[C@H](COC1=O)N1C2[C@H]2c3c(cc(C)c(OC)c3OCc3ccccc3)C[C@@H]([C@@H]1C#N)N2C)OCO4.COc1cc2c(cc1OCc1ccccc1)CCN[C@]21CS[C@@H]2c3c(OC(C)=O)c(C)c4c(c3[C@H](COC1=O)N1C2[C@H]2c3c(cc(C)c(OC)c3OCc3ccccc3)C[C@@H]([C@@H]1C#N)N2C)OCO4. The van der Waals surface area contributed by atoms with Crippen LogP contribution in [0.15, 0.2) is 158 Å². The average molecular weight is 1950 g/mol. The quantitative estimate of drug-likeness (QED) is 0.0596. The molecule has 2 N–H and O–H groups in total. The summed E-state index contributed by atoms with van der Waals surface area (Å²) in [7, 11) is 10.7. The van der Waals surface area contributed by atoms with Crippen LogP contribution in [-0.4, -0.2) is 174 Å². The fraction of sp³-hybridized carbons (Fsp3) is 0.405. The molecule has 14 atom stereocenters. The summed E-state index contributed by atoms with van der Waals surface area (Å²) in [5.74, 6) is 5.86. The predicted molar refractivity (Wildman–Crippen MR) is 533 cm³/mol. The van der Waals surface area contributed by atoms with Crippen molar-refractivity contribution in [1.82, 2.24) is 30.2 Å². The van der Waals surface area contributed by atoms with Gasteiger partial charge >= 0.3 is 23.9 Å². The lowest BCUT2D eigenvalue weighted by Crippen LogP contribution is -2.69. The van der Waals surface area contributed by atoms with Crippen LogP contribution >= 0.6 is 23.5 Å². The second-order valence-corrected chi connectivity index (χ2v) is 39.5. The number of methoxy groups -OCH3 is 4. The van der Waals surface area contributed by atoms with E-state index < -0.39 is 93.8 Å². The maximum absolute atomic E-state index is 15.3. The number of nitrogens with zero attached hydrogens (tertiary/aromatic N) is 6. The molecule has 0 saturated carbocycles. The van der Waals surface area contributed by atoms with E-state index >= 15 is 9.59 Å². The number of ether oxygens (including phenoxy) is 16. The van der Waals surface area contributed by atoms with Crippen molar-refractivity contribution in [3.63, 3.8) is 0 Å². The van der Waals surface area contributed by atoms with Crippen molar-refractivity contribution in [3.8, 4) is 92.6 Å². The van der Waals surface area contributed by atoms with Crippen LogP contribution in [0.2, 0.25) is 0 Å². The van der Waals surface area contributed by atoms with Crippen molar-refractivity contribution < 1.29 is 95.0 Å². The van der Waals surface area contributed by atoms with E-state index in [-0.39, 0.29) is 72.7 Å². The average Bonchev–Trinajstić information content (AvgIpc) is 1.44. The molecule has 30 heteroatoms. The minimum absolute atomic E-state index is 0. The number of carbonyl (C=O) groups is 4. The molecule has 0 aromatic heterocycles. The van der Waals surface area contributed by atoms with E-state index in [2.05, 4.69) is 68.6 Å². The molecule has 10 aromatic carbocycles. The van der Waals surface area contributed by atoms with E-state index in [1.165, 1.54) is 13.8 Å². The molecule has 4 fully saturated rings. The Morgan fingerprint density at radius 3 is 1.13 bits per heavy atom. The van der Waals surface area contributed by atoms with E-state index in [9.17, 15) is 20.1 Å². The lowest BCUT2D eigenvalue weighted by Gasteiger charge is -2.62. The zero-order valence-corrected chi connectivity index (χ0v) is 80.6. The lowest BCUT2D eigenvalue weighted by molar-refractivity contribution is -0.158. The van der Waals surface area contributed by atoms with Gasteiger partial charge in [-0.3, -0.25) is 39.8 Å². The number of hydrogen-bond donors (Lipinski definition) is 2. The molecule has 4 saturated heterocycles. The Morgan fingerprint density at radius 2 is 0.787 bits per heavy atom. The van der Waals surface area contributed by atoms with Gasteiger partial charge in [0.05, 0.1) is 75.2 Å². The topological polar surface area (TPSA) is 301 Å². The molecule has 10 aromatic rings. The summed E-state index contributed by atoms with van der Waals surface area (Å²) in [6.45, 7) is 12.5. The Hall–Kier alpha value is -12.9. The van der Waals surface area contributed by atoms with Crippen LogP contribution in [0.4, 0.5) is 0 Å². The van der Waals surface area contributed by atoms with E-state index in [0.29, 0.717) is 168 Å². The third-order valence-electron chi connectivity index (χ3n) is 29.7. The lowest BCUT2D eigenvalue weighted by atomic mass is 9.71. The zero-order valence-electron chi connectivity index (χ0n) is 78.9. The van der Waals surface area contributed by atoms with Gasteiger partial charge < -0.3 is 75.8 Å². The smallest absolute Gasteiger partial charge is 0.331 e. The molecule has 24 rings (SSSR count). The Labute approximate surface area is 831 Å². The van der Waals surface area contributed by atoms with E-state index in [1.54, 1.807) is 52.0 Å². The van der Waals surface area contributed by atoms with Gasteiger partial charge in [-0.1, -0.05) is 156 Å². The van der Waals surface area contributed by atoms with Gasteiger partial charge in [0.2, 0.25) is 13.6 Å². The van der Waals surface area contributed by atoms with Crippen molar-refractivity contribution in [3.05, 3.63) is 269 Å². The maximum atomic E-state index is 15.3. The van der Waals surface area contributed by atoms with Crippen LogP contribution in [0.1, 0.15) is 182 Å². The molecule has 28 nitrogen and oxygen atoms in total. The molecular weight excluding hydrogens is 1830 g/mol. The summed E-state index contributed by atoms with van der Waals surface area (Å²) in [4.78, 5) is 66.3. The minimum atomic E-state index is -1.34. The zero-order chi connectivity index (χ0) is 95.4. The number of aryl methyl sites for hydroxylation is 2. The molecule has 14 aliphatic heterocycles. The third-order valence-corrected chi connectivity index (χ3v) is 32.7. The number of hydrogen-bond acceptors (Lipinski definition) is 30. The summed E-state index contributed by atoms with van der Waals surface area (Å²) in [6.07, 6.45) is 2.38. The summed E-state index contributed by atoms with van der Waals surface area (Å²) < 4.78 is 102. The van der Waals surface area contributed by atoms with E-state index in [0.717, 1.165) is 89.0 Å². The van der Waals surface area contributed by atoms with Gasteiger partial charge in [-0.05, 0) is 159 Å². The summed E-state index contributed by atoms with van der Waals surface area (Å²) in [5, 5.41) is 29.2. The molecule has 736 valence electrons. The standard InChI is InChI=1S/2C54H54N4O10S.3CH4/c2*1-29-19-35-20-37-38(23-55)58-39-26-65-53(60)54(36-22-40(61-5)41(21-34(36)17-18-56-54)63-24-32-13-9-7-10-14-32)27-69-52(44-43(39)51-49(66-28-67-51)30(2)48(44)68-31(3)59)46(58)45(57(37)4)42(35)50(47(29)62-6)64-25-33-15-11-8-12-16-33;;;/h2*7-16,19,21-22,37-39,45-46,52,56H,17-18,20,24-28H2,1-6H3;3*1H4/t2*37-,38-,39-,45+,46?,52+,54+;;;/m00.../s1. The first-order valence-corrected chi connectivity index (χ1v) is 48.9. The first-order valence-electron chi connectivity index (χ1n) is 46.8. The highest BCUT2D eigenvalue weighted by Crippen LogP contribution is 2.68. The minimum Gasteiger partial charge on any atom is -0.493 e. The molecule has 0 radical (unpaired) electrons. The summed E-state index contributed by atoms with van der Waals surface area (Å²) >= 11 is 3.14. The number of nitrogens with one attached hydrogen (secondary N) is 2. The fourth-order valence-corrected chi connectivity index (χ4v) is 27.1. The number of thioether (sulfide) groups is 2. The largest absolute Gasteiger partial charge is 0.493 e. The van der Waals surface area contributed by atoms with Gasteiger partial charge in [-0.2, -0.15) is 10.5 Å². The van der Waals surface area contributed by atoms with Gasteiger partial charge in [0.1, 0.15) is 63.2 Å². The Morgan fingerprint density at radius 1 is 0.433 bits per heavy atom. The third kappa shape index (κ3) is 16.5. The number of rotatable bonds is 18. The number of likely N-dealkylation sites (N-methyl/N-ethyl adjacent to an activating group) is 2. The van der Waals surface area contributed by atoms with Crippen LogP contribution < -0.4 is 76.9 Å². The first-order chi connectivity index (χ1) is 67.1. The van der Waals surface area contributed by atoms with Crippen molar-refractivity contribution in [2.45, 2.75) is 198 Å². The highest BCUT2D eigenvalue weighted by atomic mass is 32.2. The number of fused-ring (bicyclic) bond motifs is 18. The number of benzene rings is 10. The number of nitriles is 2. The highest BCUT2D eigenvalue weighted by molar-refractivity contribution is 7.99. The van der Waals surface area contributed by atoms with Gasteiger partial charge in [0.25, 0.3) is 0 Å². The monoisotopic (exact) mass is 1950 g/mol. The van der Waals surface area contributed by atoms with Gasteiger partial charge in [0, 0.05) is 107 Å². The van der Waals surface area contributed by atoms with Crippen molar-refractivity contribution in [1.29, 1.82) is 10.5 Å². The van der Waals surface area contributed by atoms with Crippen LogP contribution in [0.5, 0.6) is 80.5 Å². The van der Waals surface area contributed by atoms with Gasteiger partial charge in [-0.25, -0.2) is 9.59 Å². The molecular formula is C111H120N8O20S2. The highest BCUT2D eigenvalue weighted by Gasteiger charge is 2.65. The van der Waals surface area contributed by atoms with Crippen molar-refractivity contribution in [2.75, 3.05) is 93.9 Å².